The molecule has 34 heavy (non-hydrogen) atoms. The number of benzene rings is 1. The van der Waals surface area contributed by atoms with E-state index in [0.29, 0.717) is 12.4 Å². The van der Waals surface area contributed by atoms with Gasteiger partial charge in [0.2, 0.25) is 0 Å². The van der Waals surface area contributed by atoms with Crippen LogP contribution < -0.4 is 21.3 Å². The summed E-state index contributed by atoms with van der Waals surface area (Å²) >= 11 is 0. The molecule has 2 aromatic heterocycles. The number of carbonyl (C=O) groups excluding carboxylic acids is 1. The first-order valence-corrected chi connectivity index (χ1v) is 12.0. The summed E-state index contributed by atoms with van der Waals surface area (Å²) in [6, 6.07) is 10.5. The van der Waals surface area contributed by atoms with Gasteiger partial charge in [0.1, 0.15) is 11.6 Å². The summed E-state index contributed by atoms with van der Waals surface area (Å²) < 4.78 is 1.87. The van der Waals surface area contributed by atoms with E-state index in [2.05, 4.69) is 44.2 Å². The number of nitrogens with two attached hydrogens (primary N) is 2. The molecule has 1 aromatic carbocycles. The highest BCUT2D eigenvalue weighted by atomic mass is 16.2. The largest absolute Gasteiger partial charge is 0.382 e. The average molecular weight is 459 g/mol. The fraction of sp³-hybridized carbons (Fsp3) is 0.440. The van der Waals surface area contributed by atoms with E-state index in [1.54, 1.807) is 11.1 Å². The van der Waals surface area contributed by atoms with Crippen LogP contribution in [0.15, 0.2) is 36.5 Å². The molecule has 4 N–H and O–H groups in total. The number of amides is 1. The van der Waals surface area contributed by atoms with Crippen LogP contribution >= 0.6 is 0 Å². The van der Waals surface area contributed by atoms with Crippen molar-refractivity contribution in [2.45, 2.75) is 45.2 Å². The topological polar surface area (TPSA) is 119 Å². The number of rotatable bonds is 2. The van der Waals surface area contributed by atoms with E-state index in [9.17, 15) is 4.79 Å². The molecule has 2 aliphatic heterocycles. The zero-order valence-corrected chi connectivity index (χ0v) is 19.4. The van der Waals surface area contributed by atoms with Crippen LogP contribution in [0.25, 0.3) is 0 Å². The molecular weight excluding hydrogens is 428 g/mol. The third-order valence-corrected chi connectivity index (χ3v) is 7.82. The van der Waals surface area contributed by atoms with Gasteiger partial charge in [0.25, 0.3) is 5.91 Å². The summed E-state index contributed by atoms with van der Waals surface area (Å²) in [7, 11) is 0. The van der Waals surface area contributed by atoms with E-state index in [1.807, 2.05) is 17.7 Å². The first-order chi connectivity index (χ1) is 16.4. The summed E-state index contributed by atoms with van der Waals surface area (Å²) in [6.07, 6.45) is 5.53. The second kappa shape index (κ2) is 7.80. The molecule has 0 bridgehead atoms. The minimum absolute atomic E-state index is 0.0728. The Morgan fingerprint density at radius 3 is 2.71 bits per heavy atom. The van der Waals surface area contributed by atoms with Crippen molar-refractivity contribution in [2.24, 2.45) is 11.1 Å². The number of hydrogen-bond acceptors (Lipinski definition) is 7. The van der Waals surface area contributed by atoms with Crippen molar-refractivity contribution >= 4 is 23.4 Å². The van der Waals surface area contributed by atoms with Crippen LogP contribution in [-0.4, -0.2) is 45.3 Å². The number of aryl methyl sites for hydroxylation is 2. The Labute approximate surface area is 198 Å². The van der Waals surface area contributed by atoms with Crippen molar-refractivity contribution in [3.8, 4) is 0 Å². The Balaban J connectivity index is 1.18. The van der Waals surface area contributed by atoms with Gasteiger partial charge in [0.15, 0.2) is 11.5 Å². The zero-order chi connectivity index (χ0) is 23.4. The lowest BCUT2D eigenvalue weighted by Gasteiger charge is -2.42. The number of fused-ring (bicyclic) bond motifs is 2. The molecule has 3 aromatic rings. The smallest absolute Gasteiger partial charge is 0.281 e. The maximum atomic E-state index is 13.3. The van der Waals surface area contributed by atoms with E-state index in [0.717, 1.165) is 56.8 Å². The molecule has 176 valence electrons. The maximum Gasteiger partial charge on any atom is 0.281 e. The molecule has 4 heterocycles. The molecule has 1 spiro atoms. The first kappa shape index (κ1) is 21.1. The Kier molecular flexibility index (Phi) is 4.84. The van der Waals surface area contributed by atoms with E-state index < -0.39 is 0 Å². The molecule has 1 saturated heterocycles. The summed E-state index contributed by atoms with van der Waals surface area (Å²) in [5, 5.41) is 4.46. The van der Waals surface area contributed by atoms with Gasteiger partial charge in [-0.2, -0.15) is 5.10 Å². The molecule has 0 radical (unpaired) electrons. The van der Waals surface area contributed by atoms with Gasteiger partial charge in [0, 0.05) is 38.3 Å². The number of hydrogen-bond donors (Lipinski definition) is 2. The highest BCUT2D eigenvalue weighted by Gasteiger charge is 2.46. The van der Waals surface area contributed by atoms with Crippen LogP contribution in [0.1, 0.15) is 52.6 Å². The van der Waals surface area contributed by atoms with Crippen LogP contribution in [-0.2, 0) is 13.0 Å². The molecular formula is C25H30N8O. The fourth-order valence-corrected chi connectivity index (χ4v) is 5.94. The second-order valence-electron chi connectivity index (χ2n) is 9.84. The van der Waals surface area contributed by atoms with Crippen molar-refractivity contribution in [3.05, 3.63) is 59.0 Å². The van der Waals surface area contributed by atoms with Crippen LogP contribution in [0.2, 0.25) is 0 Å². The van der Waals surface area contributed by atoms with Gasteiger partial charge in [-0.05, 0) is 49.1 Å². The van der Waals surface area contributed by atoms with E-state index in [1.165, 1.54) is 11.1 Å². The van der Waals surface area contributed by atoms with Crippen molar-refractivity contribution < 1.29 is 4.79 Å². The number of nitrogens with zero attached hydrogens (tertiary/aromatic N) is 6. The minimum atomic E-state index is -0.232. The summed E-state index contributed by atoms with van der Waals surface area (Å²) in [5.74, 6) is 1.44. The quantitative estimate of drug-likeness (QED) is 0.605. The normalized spacial score (nSPS) is 20.9. The van der Waals surface area contributed by atoms with Gasteiger partial charge in [-0.1, -0.05) is 24.3 Å². The Bertz CT molecular complexity index is 1260. The highest BCUT2D eigenvalue weighted by Crippen LogP contribution is 2.50. The third kappa shape index (κ3) is 3.26. The number of nitrogen functional groups attached to an aromatic ring is 1. The van der Waals surface area contributed by atoms with Crippen molar-refractivity contribution in [3.63, 3.8) is 0 Å². The van der Waals surface area contributed by atoms with E-state index in [-0.39, 0.29) is 28.9 Å². The van der Waals surface area contributed by atoms with Crippen molar-refractivity contribution in [2.75, 3.05) is 35.2 Å². The number of aromatic nitrogens is 4. The van der Waals surface area contributed by atoms with Crippen LogP contribution in [0, 0.1) is 12.3 Å². The third-order valence-electron chi connectivity index (χ3n) is 7.82. The highest BCUT2D eigenvalue weighted by molar-refractivity contribution is 6.07. The molecule has 1 fully saturated rings. The Morgan fingerprint density at radius 1 is 1.15 bits per heavy atom. The summed E-state index contributed by atoms with van der Waals surface area (Å²) in [4.78, 5) is 26.2. The molecule has 9 heteroatoms. The lowest BCUT2D eigenvalue weighted by Crippen LogP contribution is -2.44. The SMILES string of the molecule is Cc1cc2n(n1)CCCN2C(=O)c1ncc(N2CCC3(CC2)Cc2ccccc2C3N)nc1N. The molecule has 1 unspecified atom stereocenters. The summed E-state index contributed by atoms with van der Waals surface area (Å²) in [6.45, 7) is 5.03. The van der Waals surface area contributed by atoms with Crippen LogP contribution in [0.4, 0.5) is 17.5 Å². The Hall–Kier alpha value is -3.46. The molecule has 1 atom stereocenters. The van der Waals surface area contributed by atoms with Crippen LogP contribution in [0.3, 0.4) is 0 Å². The molecule has 1 aliphatic carbocycles. The van der Waals surface area contributed by atoms with Crippen molar-refractivity contribution in [1.29, 1.82) is 0 Å². The van der Waals surface area contributed by atoms with Gasteiger partial charge in [0.05, 0.1) is 11.9 Å². The van der Waals surface area contributed by atoms with Gasteiger partial charge >= 0.3 is 0 Å². The van der Waals surface area contributed by atoms with Gasteiger partial charge in [-0.15, -0.1) is 0 Å². The predicted octanol–water partition coefficient (Wildman–Crippen LogP) is 2.46. The number of anilines is 3. The molecule has 1 amide bonds. The number of carbonyl (C=O) groups is 1. The zero-order valence-electron chi connectivity index (χ0n) is 19.4. The monoisotopic (exact) mass is 458 g/mol. The lowest BCUT2D eigenvalue weighted by atomic mass is 9.73. The fourth-order valence-electron chi connectivity index (χ4n) is 5.94. The molecule has 0 saturated carbocycles. The first-order valence-electron chi connectivity index (χ1n) is 12.0. The average Bonchev–Trinajstić information content (AvgIpc) is 3.36. The maximum absolute atomic E-state index is 13.3. The molecule has 3 aliphatic rings. The lowest BCUT2D eigenvalue weighted by molar-refractivity contribution is 0.0977. The number of piperidine rings is 1. The Morgan fingerprint density at radius 2 is 1.94 bits per heavy atom. The van der Waals surface area contributed by atoms with Gasteiger partial charge in [-0.25, -0.2) is 14.6 Å². The minimum Gasteiger partial charge on any atom is -0.382 e. The second-order valence-corrected chi connectivity index (χ2v) is 9.84. The van der Waals surface area contributed by atoms with E-state index in [4.69, 9.17) is 11.5 Å². The molecule has 6 rings (SSSR count). The summed E-state index contributed by atoms with van der Waals surface area (Å²) in [5.41, 5.74) is 16.8. The van der Waals surface area contributed by atoms with Gasteiger partial charge < -0.3 is 16.4 Å². The van der Waals surface area contributed by atoms with Crippen LogP contribution in [0.5, 0.6) is 0 Å². The molecule has 9 nitrogen and oxygen atoms in total. The van der Waals surface area contributed by atoms with Crippen molar-refractivity contribution in [1.82, 2.24) is 19.7 Å². The van der Waals surface area contributed by atoms with Gasteiger partial charge in [-0.3, -0.25) is 9.69 Å². The predicted molar refractivity (Wildman–Crippen MR) is 131 cm³/mol. The van der Waals surface area contributed by atoms with E-state index >= 15 is 0 Å². The standard InChI is InChI=1S/C25H30N8O/c1-16-13-20-32(9-4-10-33(20)30-16)24(34)21-23(27)29-19(15-28-21)31-11-7-25(8-12-31)14-17-5-2-3-6-18(17)22(25)26/h2-3,5-6,13,15,22H,4,7-12,14,26H2,1H3,(H2,27,29).